The third-order valence-electron chi connectivity index (χ3n) is 4.82. The Morgan fingerprint density at radius 3 is 2.64 bits per heavy atom. The zero-order valence-electron chi connectivity index (χ0n) is 13.8. The van der Waals surface area contributed by atoms with Gasteiger partial charge in [-0.25, -0.2) is 0 Å². The molecule has 0 amide bonds. The molecule has 0 N–H and O–H groups in total. The van der Waals surface area contributed by atoms with E-state index < -0.39 is 0 Å². The van der Waals surface area contributed by atoms with Crippen molar-refractivity contribution < 1.29 is 0 Å². The molecule has 1 aromatic carbocycles. The highest BCUT2D eigenvalue weighted by molar-refractivity contribution is 6.30. The van der Waals surface area contributed by atoms with Gasteiger partial charge >= 0.3 is 0 Å². The molecule has 0 bridgehead atoms. The lowest BCUT2D eigenvalue weighted by Gasteiger charge is -2.30. The SMILES string of the molecule is N#CCN1CCC(n2nc(-c3ccc(Cl)cc3)c3cnccc32)CC1. The van der Waals surface area contributed by atoms with Gasteiger partial charge in [-0.2, -0.15) is 10.4 Å². The molecular weight excluding hydrogens is 334 g/mol. The van der Waals surface area contributed by atoms with Crippen molar-refractivity contribution in [3.8, 4) is 17.3 Å². The molecule has 0 aliphatic carbocycles. The molecule has 1 aliphatic heterocycles. The number of likely N-dealkylation sites (tertiary alicyclic amines) is 1. The summed E-state index contributed by atoms with van der Waals surface area (Å²) >= 11 is 6.02. The second-order valence-corrected chi connectivity index (χ2v) is 6.79. The van der Waals surface area contributed by atoms with E-state index in [1.54, 1.807) is 0 Å². The summed E-state index contributed by atoms with van der Waals surface area (Å²) in [6, 6.07) is 12.4. The molecule has 0 saturated carbocycles. The number of halogens is 1. The molecule has 1 saturated heterocycles. The van der Waals surface area contributed by atoms with Gasteiger partial charge in [-0.1, -0.05) is 23.7 Å². The smallest absolute Gasteiger partial charge is 0.102 e. The van der Waals surface area contributed by atoms with Crippen LogP contribution in [0.5, 0.6) is 0 Å². The lowest BCUT2D eigenvalue weighted by Crippen LogP contribution is -2.35. The van der Waals surface area contributed by atoms with Crippen LogP contribution in [0.2, 0.25) is 5.02 Å². The molecule has 0 atom stereocenters. The summed E-state index contributed by atoms with van der Waals surface area (Å²) < 4.78 is 2.14. The van der Waals surface area contributed by atoms with E-state index >= 15 is 0 Å². The van der Waals surface area contributed by atoms with Crippen LogP contribution in [0.1, 0.15) is 18.9 Å². The Morgan fingerprint density at radius 2 is 1.92 bits per heavy atom. The second-order valence-electron chi connectivity index (χ2n) is 6.36. The fourth-order valence-electron chi connectivity index (χ4n) is 3.51. The van der Waals surface area contributed by atoms with Gasteiger partial charge in [0.2, 0.25) is 0 Å². The van der Waals surface area contributed by atoms with Crippen LogP contribution in [0.3, 0.4) is 0 Å². The van der Waals surface area contributed by atoms with E-state index in [2.05, 4.69) is 20.6 Å². The second kappa shape index (κ2) is 6.83. The summed E-state index contributed by atoms with van der Waals surface area (Å²) in [6.07, 6.45) is 5.70. The zero-order chi connectivity index (χ0) is 17.2. The molecule has 4 rings (SSSR count). The first-order valence-corrected chi connectivity index (χ1v) is 8.81. The molecule has 3 aromatic rings. The lowest BCUT2D eigenvalue weighted by molar-refractivity contribution is 0.200. The summed E-state index contributed by atoms with van der Waals surface area (Å²) in [5.74, 6) is 0. The van der Waals surface area contributed by atoms with Crippen LogP contribution in [0.15, 0.2) is 42.7 Å². The van der Waals surface area contributed by atoms with E-state index in [4.69, 9.17) is 22.0 Å². The third kappa shape index (κ3) is 3.11. The van der Waals surface area contributed by atoms with Gasteiger partial charge in [0.05, 0.1) is 24.2 Å². The van der Waals surface area contributed by atoms with Crippen LogP contribution in [-0.4, -0.2) is 39.3 Å². The number of hydrogen-bond donors (Lipinski definition) is 0. The van der Waals surface area contributed by atoms with Gasteiger partial charge in [0.1, 0.15) is 5.69 Å². The number of fused-ring (bicyclic) bond motifs is 1. The van der Waals surface area contributed by atoms with Crippen molar-refractivity contribution in [1.29, 1.82) is 5.26 Å². The number of nitriles is 1. The van der Waals surface area contributed by atoms with Gasteiger partial charge in [-0.05, 0) is 31.0 Å². The van der Waals surface area contributed by atoms with E-state index in [0.29, 0.717) is 12.6 Å². The highest BCUT2D eigenvalue weighted by atomic mass is 35.5. The highest BCUT2D eigenvalue weighted by Gasteiger charge is 2.24. The van der Waals surface area contributed by atoms with Crippen molar-refractivity contribution >= 4 is 22.5 Å². The third-order valence-corrected chi connectivity index (χ3v) is 5.07. The molecule has 6 heteroatoms. The average molecular weight is 352 g/mol. The number of nitrogens with zero attached hydrogens (tertiary/aromatic N) is 5. The van der Waals surface area contributed by atoms with Crippen LogP contribution in [-0.2, 0) is 0 Å². The Balaban J connectivity index is 1.71. The van der Waals surface area contributed by atoms with Crippen molar-refractivity contribution in [2.75, 3.05) is 19.6 Å². The molecule has 0 unspecified atom stereocenters. The van der Waals surface area contributed by atoms with Crippen molar-refractivity contribution in [2.45, 2.75) is 18.9 Å². The van der Waals surface area contributed by atoms with Crippen LogP contribution in [0.25, 0.3) is 22.2 Å². The number of aromatic nitrogens is 3. The number of piperidine rings is 1. The Morgan fingerprint density at radius 1 is 1.16 bits per heavy atom. The quantitative estimate of drug-likeness (QED) is 0.671. The first-order chi connectivity index (χ1) is 12.3. The normalized spacial score (nSPS) is 16.2. The minimum absolute atomic E-state index is 0.348. The molecule has 0 spiro atoms. The largest absolute Gasteiger partial charge is 0.290 e. The van der Waals surface area contributed by atoms with Gasteiger partial charge in [0, 0.05) is 41.5 Å². The summed E-state index contributed by atoms with van der Waals surface area (Å²) in [5.41, 5.74) is 3.10. The van der Waals surface area contributed by atoms with Crippen molar-refractivity contribution in [3.05, 3.63) is 47.7 Å². The van der Waals surface area contributed by atoms with Crippen LogP contribution >= 0.6 is 11.6 Å². The Bertz CT molecular complexity index is 917. The number of rotatable bonds is 3. The topological polar surface area (TPSA) is 57.7 Å². The van der Waals surface area contributed by atoms with Crippen molar-refractivity contribution in [3.63, 3.8) is 0 Å². The van der Waals surface area contributed by atoms with Gasteiger partial charge in [-0.3, -0.25) is 14.6 Å². The Kier molecular flexibility index (Phi) is 4.39. The van der Waals surface area contributed by atoms with Gasteiger partial charge in [0.25, 0.3) is 0 Å². The van der Waals surface area contributed by atoms with Crippen molar-refractivity contribution in [1.82, 2.24) is 19.7 Å². The molecule has 1 fully saturated rings. The fourth-order valence-corrected chi connectivity index (χ4v) is 3.63. The van der Waals surface area contributed by atoms with Gasteiger partial charge in [0.15, 0.2) is 0 Å². The van der Waals surface area contributed by atoms with E-state index in [0.717, 1.165) is 53.1 Å². The molecule has 2 aromatic heterocycles. The average Bonchev–Trinajstić information content (AvgIpc) is 3.03. The lowest BCUT2D eigenvalue weighted by atomic mass is 10.1. The van der Waals surface area contributed by atoms with Gasteiger partial charge < -0.3 is 0 Å². The van der Waals surface area contributed by atoms with Crippen LogP contribution in [0, 0.1) is 11.3 Å². The molecule has 25 heavy (non-hydrogen) atoms. The standard InChI is InChI=1S/C19H18ClN5/c20-15-3-1-14(2-4-15)19-17-13-22-9-5-18(17)25(23-19)16-6-10-24(11-7-16)12-8-21/h1-5,9,13,16H,6-7,10-12H2. The maximum Gasteiger partial charge on any atom is 0.102 e. The predicted molar refractivity (Wildman–Crippen MR) is 98.3 cm³/mol. The maximum absolute atomic E-state index is 8.87. The van der Waals surface area contributed by atoms with E-state index in [-0.39, 0.29) is 0 Å². The minimum atomic E-state index is 0.348. The van der Waals surface area contributed by atoms with Crippen LogP contribution in [0.4, 0.5) is 0 Å². The van der Waals surface area contributed by atoms with E-state index in [9.17, 15) is 0 Å². The number of benzene rings is 1. The Hall–Kier alpha value is -2.42. The highest BCUT2D eigenvalue weighted by Crippen LogP contribution is 2.32. The molecule has 1 aliphatic rings. The zero-order valence-corrected chi connectivity index (χ0v) is 14.5. The van der Waals surface area contributed by atoms with Crippen molar-refractivity contribution in [2.24, 2.45) is 0 Å². The number of hydrogen-bond acceptors (Lipinski definition) is 4. The summed E-state index contributed by atoms with van der Waals surface area (Å²) in [5, 5.41) is 15.6. The summed E-state index contributed by atoms with van der Waals surface area (Å²) in [6.45, 7) is 2.37. The minimum Gasteiger partial charge on any atom is -0.290 e. The van der Waals surface area contributed by atoms with Crippen LogP contribution < -0.4 is 0 Å². The molecule has 0 radical (unpaired) electrons. The molecular formula is C19H18ClN5. The Labute approximate surface area is 151 Å². The van der Waals surface area contributed by atoms with Gasteiger partial charge in [-0.15, -0.1) is 0 Å². The predicted octanol–water partition coefficient (Wildman–Crippen LogP) is 3.91. The van der Waals surface area contributed by atoms with E-state index in [1.807, 2.05) is 42.7 Å². The monoisotopic (exact) mass is 351 g/mol. The molecule has 5 nitrogen and oxygen atoms in total. The first-order valence-electron chi connectivity index (χ1n) is 8.44. The number of pyridine rings is 1. The first kappa shape index (κ1) is 16.1. The molecule has 126 valence electrons. The maximum atomic E-state index is 8.87. The molecule has 3 heterocycles. The summed E-state index contributed by atoms with van der Waals surface area (Å²) in [7, 11) is 0. The summed E-state index contributed by atoms with van der Waals surface area (Å²) in [4.78, 5) is 6.49. The van der Waals surface area contributed by atoms with E-state index in [1.165, 1.54) is 0 Å². The fraction of sp³-hybridized carbons (Fsp3) is 0.316.